The fourth-order valence-electron chi connectivity index (χ4n) is 3.69. The zero-order chi connectivity index (χ0) is 19.4. The molecule has 0 unspecified atom stereocenters. The van der Waals surface area contributed by atoms with Crippen molar-refractivity contribution in [2.24, 2.45) is 0 Å². The molecule has 0 spiro atoms. The molecule has 2 aromatic carbocycles. The van der Waals surface area contributed by atoms with Crippen molar-refractivity contribution in [1.29, 1.82) is 0 Å². The van der Waals surface area contributed by atoms with Gasteiger partial charge in [-0.2, -0.15) is 0 Å². The zero-order valence-electron chi connectivity index (χ0n) is 14.3. The first-order chi connectivity index (χ1) is 12.7. The molecule has 1 fully saturated rings. The van der Waals surface area contributed by atoms with Gasteiger partial charge < -0.3 is 15.1 Å². The highest BCUT2D eigenvalue weighted by Crippen LogP contribution is 2.41. The molecule has 1 saturated heterocycles. The molecule has 2 N–H and O–H groups in total. The van der Waals surface area contributed by atoms with Crippen LogP contribution >= 0.6 is 0 Å². The van der Waals surface area contributed by atoms with Crippen molar-refractivity contribution in [3.8, 4) is 0 Å². The summed E-state index contributed by atoms with van der Waals surface area (Å²) in [6, 6.07) is 10.2. The molecule has 142 valence electrons. The number of anilines is 1. The second kappa shape index (κ2) is 5.93. The Morgan fingerprint density at radius 2 is 1.70 bits per heavy atom. The summed E-state index contributed by atoms with van der Waals surface area (Å²) in [6.45, 7) is -0.235. The monoisotopic (exact) mass is 390 g/mol. The van der Waals surface area contributed by atoms with Gasteiger partial charge in [0.05, 0.1) is 10.6 Å². The summed E-state index contributed by atoms with van der Waals surface area (Å²) in [5.41, 5.74) is -1.37. The van der Waals surface area contributed by atoms with Crippen LogP contribution in [0.1, 0.15) is 12.8 Å². The molecule has 2 heterocycles. The number of carbonyl (C=O) groups excluding carboxylic acids is 1. The second-order valence-corrected chi connectivity index (χ2v) is 8.69. The van der Waals surface area contributed by atoms with E-state index >= 15 is 0 Å². The highest BCUT2D eigenvalue weighted by Gasteiger charge is 2.42. The Morgan fingerprint density at radius 3 is 2.33 bits per heavy atom. The van der Waals surface area contributed by atoms with Gasteiger partial charge in [-0.15, -0.1) is 0 Å². The van der Waals surface area contributed by atoms with Crippen LogP contribution in [0.25, 0.3) is 10.8 Å². The molecule has 8 nitrogen and oxygen atoms in total. The first-order valence-corrected chi connectivity index (χ1v) is 9.96. The van der Waals surface area contributed by atoms with Crippen molar-refractivity contribution >= 4 is 38.4 Å². The van der Waals surface area contributed by atoms with Crippen LogP contribution in [0, 0.1) is 0 Å². The molecular formula is C18H18N2O6S. The maximum absolute atomic E-state index is 12.9. The van der Waals surface area contributed by atoms with E-state index in [9.17, 15) is 23.1 Å². The lowest BCUT2D eigenvalue weighted by Crippen LogP contribution is -2.52. The SMILES string of the molecule is O=C(CN1c2cccc3cccc(c23)S1(=O)=O)N1CCC(O)(C(=O)O)CC1. The van der Waals surface area contributed by atoms with Crippen LogP contribution in [-0.4, -0.2) is 60.6 Å². The van der Waals surface area contributed by atoms with Crippen LogP contribution in [0.5, 0.6) is 0 Å². The molecule has 2 aromatic rings. The molecule has 1 amide bonds. The Labute approximate surface area is 155 Å². The molecule has 0 bridgehead atoms. The minimum atomic E-state index is -3.83. The topological polar surface area (TPSA) is 115 Å². The number of amides is 1. The van der Waals surface area contributed by atoms with Crippen molar-refractivity contribution in [1.82, 2.24) is 4.90 Å². The largest absolute Gasteiger partial charge is 0.479 e. The number of aliphatic carboxylic acids is 1. The lowest BCUT2D eigenvalue weighted by Gasteiger charge is -2.36. The van der Waals surface area contributed by atoms with Crippen LogP contribution in [0.3, 0.4) is 0 Å². The molecule has 2 aliphatic heterocycles. The van der Waals surface area contributed by atoms with Crippen molar-refractivity contribution in [3.63, 3.8) is 0 Å². The molecule has 0 atom stereocenters. The van der Waals surface area contributed by atoms with Gasteiger partial charge in [0.25, 0.3) is 10.0 Å². The fourth-order valence-corrected chi connectivity index (χ4v) is 5.35. The van der Waals surface area contributed by atoms with E-state index in [0.717, 1.165) is 9.69 Å². The molecule has 0 aliphatic carbocycles. The van der Waals surface area contributed by atoms with E-state index in [1.54, 1.807) is 18.2 Å². The Hall–Kier alpha value is -2.65. The molecule has 0 saturated carbocycles. The summed E-state index contributed by atoms with van der Waals surface area (Å²) in [6.07, 6.45) is -0.173. The molecule has 2 aliphatic rings. The third-order valence-electron chi connectivity index (χ3n) is 5.30. The summed E-state index contributed by atoms with van der Waals surface area (Å²) in [4.78, 5) is 25.4. The predicted octanol–water partition coefficient (Wildman–Crippen LogP) is 0.787. The molecule has 9 heteroatoms. The highest BCUT2D eigenvalue weighted by atomic mass is 32.2. The van der Waals surface area contributed by atoms with Crippen LogP contribution in [-0.2, 0) is 19.6 Å². The standard InChI is InChI=1S/C18H18N2O6S/c21-15(19-9-7-18(24,8-10-19)17(22)23)11-20-13-5-1-3-12-4-2-6-14(16(12)13)27(20,25)26/h1-6,24H,7-11H2,(H,22,23). The highest BCUT2D eigenvalue weighted by molar-refractivity contribution is 7.93. The van der Waals surface area contributed by atoms with Crippen molar-refractivity contribution in [3.05, 3.63) is 36.4 Å². The Balaban J connectivity index is 1.58. The average molecular weight is 390 g/mol. The summed E-state index contributed by atoms with van der Waals surface area (Å²) in [5, 5.41) is 20.4. The molecule has 0 aromatic heterocycles. The smallest absolute Gasteiger partial charge is 0.335 e. The number of piperidine rings is 1. The molecule has 0 radical (unpaired) electrons. The van der Waals surface area contributed by atoms with Crippen LogP contribution in [0.15, 0.2) is 41.3 Å². The fraction of sp³-hybridized carbons (Fsp3) is 0.333. The summed E-state index contributed by atoms with van der Waals surface area (Å²) in [5.74, 6) is -1.73. The van der Waals surface area contributed by atoms with Gasteiger partial charge in [-0.25, -0.2) is 13.2 Å². The summed E-state index contributed by atoms with van der Waals surface area (Å²) < 4.78 is 26.9. The minimum Gasteiger partial charge on any atom is -0.479 e. The quantitative estimate of drug-likeness (QED) is 0.801. The first kappa shape index (κ1) is 17.7. The van der Waals surface area contributed by atoms with Gasteiger partial charge in [0.2, 0.25) is 5.91 Å². The van der Waals surface area contributed by atoms with Crippen LogP contribution < -0.4 is 4.31 Å². The number of hydrogen-bond donors (Lipinski definition) is 2. The summed E-state index contributed by atoms with van der Waals surface area (Å²) in [7, 11) is -3.83. The lowest BCUT2D eigenvalue weighted by atomic mass is 9.91. The van der Waals surface area contributed by atoms with Gasteiger partial charge in [0.15, 0.2) is 5.60 Å². The van der Waals surface area contributed by atoms with Gasteiger partial charge in [0.1, 0.15) is 6.54 Å². The minimum absolute atomic E-state index is 0.0622. The van der Waals surface area contributed by atoms with E-state index in [2.05, 4.69) is 0 Å². The molecule has 27 heavy (non-hydrogen) atoms. The van der Waals surface area contributed by atoms with E-state index in [1.807, 2.05) is 12.1 Å². The van der Waals surface area contributed by atoms with Crippen LogP contribution in [0.2, 0.25) is 0 Å². The molecule has 4 rings (SSSR count). The first-order valence-electron chi connectivity index (χ1n) is 8.52. The number of nitrogens with zero attached hydrogens (tertiary/aromatic N) is 2. The zero-order valence-corrected chi connectivity index (χ0v) is 15.1. The Kier molecular flexibility index (Phi) is 3.90. The van der Waals surface area contributed by atoms with E-state index in [1.165, 1.54) is 11.0 Å². The van der Waals surface area contributed by atoms with Gasteiger partial charge in [-0.05, 0) is 17.5 Å². The van der Waals surface area contributed by atoms with Gasteiger partial charge in [-0.1, -0.05) is 24.3 Å². The van der Waals surface area contributed by atoms with Crippen molar-refractivity contribution in [2.45, 2.75) is 23.3 Å². The number of hydrogen-bond acceptors (Lipinski definition) is 5. The normalized spacial score (nSPS) is 20.0. The van der Waals surface area contributed by atoms with E-state index in [4.69, 9.17) is 5.11 Å². The number of rotatable bonds is 3. The number of carboxylic acid groups (broad SMARTS) is 1. The van der Waals surface area contributed by atoms with Crippen LogP contribution in [0.4, 0.5) is 5.69 Å². The number of likely N-dealkylation sites (tertiary alicyclic amines) is 1. The van der Waals surface area contributed by atoms with E-state index in [-0.39, 0.29) is 37.4 Å². The Bertz CT molecular complexity index is 1050. The van der Waals surface area contributed by atoms with Gasteiger partial charge >= 0.3 is 5.97 Å². The van der Waals surface area contributed by atoms with Gasteiger partial charge in [-0.3, -0.25) is 9.10 Å². The average Bonchev–Trinajstić information content (AvgIpc) is 2.86. The number of carboxylic acids is 1. The second-order valence-electron chi connectivity index (χ2n) is 6.86. The number of benzene rings is 2. The number of aliphatic hydroxyl groups is 1. The predicted molar refractivity (Wildman–Crippen MR) is 96.9 cm³/mol. The molecular weight excluding hydrogens is 372 g/mol. The van der Waals surface area contributed by atoms with E-state index in [0.29, 0.717) is 11.1 Å². The Morgan fingerprint density at radius 1 is 1.07 bits per heavy atom. The van der Waals surface area contributed by atoms with E-state index < -0.39 is 27.5 Å². The maximum Gasteiger partial charge on any atom is 0.335 e. The maximum atomic E-state index is 12.9. The van der Waals surface area contributed by atoms with Gasteiger partial charge in [0, 0.05) is 31.3 Å². The van der Waals surface area contributed by atoms with Crippen molar-refractivity contribution in [2.75, 3.05) is 23.9 Å². The third kappa shape index (κ3) is 2.65. The number of sulfonamides is 1. The summed E-state index contributed by atoms with van der Waals surface area (Å²) >= 11 is 0. The van der Waals surface area contributed by atoms with Crippen molar-refractivity contribution < 1.29 is 28.2 Å². The third-order valence-corrected chi connectivity index (χ3v) is 7.10. The lowest BCUT2D eigenvalue weighted by molar-refractivity contribution is -0.165. The number of carbonyl (C=O) groups is 2.